The normalized spacial score (nSPS) is 16.4. The maximum atomic E-state index is 14.2. The van der Waals surface area contributed by atoms with Crippen LogP contribution in [0.1, 0.15) is 30.0 Å². The lowest BCUT2D eigenvalue weighted by Gasteiger charge is -2.22. The molecule has 1 fully saturated rings. The monoisotopic (exact) mass is 636 g/mol. The van der Waals surface area contributed by atoms with Crippen LogP contribution in [-0.4, -0.2) is 59.5 Å². The van der Waals surface area contributed by atoms with Crippen molar-refractivity contribution in [3.8, 4) is 0 Å². The van der Waals surface area contributed by atoms with Gasteiger partial charge in [-0.05, 0) is 54.3 Å². The maximum absolute atomic E-state index is 14.2. The van der Waals surface area contributed by atoms with Crippen LogP contribution in [0.5, 0.6) is 0 Å². The number of nitrogens with one attached hydrogen (secondary N) is 2. The molecule has 0 saturated carbocycles. The lowest BCUT2D eigenvalue weighted by atomic mass is 10.0. The summed E-state index contributed by atoms with van der Waals surface area (Å²) in [5, 5.41) is 10.3. The topological polar surface area (TPSA) is 142 Å². The van der Waals surface area contributed by atoms with Crippen molar-refractivity contribution in [2.45, 2.75) is 37.5 Å². The van der Waals surface area contributed by atoms with Crippen molar-refractivity contribution in [3.63, 3.8) is 0 Å². The Morgan fingerprint density at radius 3 is 2.54 bits per heavy atom. The molecule has 1 amide bonds. The Balaban J connectivity index is 1.80. The molecule has 0 aliphatic carbocycles. The van der Waals surface area contributed by atoms with Crippen molar-refractivity contribution < 1.29 is 31.5 Å². The summed E-state index contributed by atoms with van der Waals surface area (Å²) in [6, 6.07) is 4.48. The van der Waals surface area contributed by atoms with Crippen LogP contribution in [0.3, 0.4) is 0 Å². The van der Waals surface area contributed by atoms with Gasteiger partial charge in [0, 0.05) is 24.7 Å². The number of fused-ring (bicyclic) bond motifs is 1. The third kappa shape index (κ3) is 6.55. The average molecular weight is 637 g/mol. The molecule has 1 atom stereocenters. The van der Waals surface area contributed by atoms with Crippen LogP contribution >= 0.6 is 23.2 Å². The molecule has 0 spiro atoms. The Labute approximate surface area is 241 Å². The largest absolute Gasteiger partial charge is 0.465 e. The van der Waals surface area contributed by atoms with Crippen molar-refractivity contribution in [2.75, 3.05) is 25.4 Å². The van der Waals surface area contributed by atoms with Crippen LogP contribution in [0.2, 0.25) is 10.0 Å². The number of likely N-dealkylation sites (tertiary alicyclic amines) is 1. The van der Waals surface area contributed by atoms with E-state index in [1.165, 1.54) is 25.1 Å². The zero-order chi connectivity index (χ0) is 30.3. The standard InChI is InChI=1S/C25H25Cl2F3N4O6S/c1-2-41(39,40)19-4-3-15(26)7-14(19)11-34-22(35)16-8-18(25(28,29)30)17(20(27)21(16)32-23(34)36)12-33-6-5-13(10-33)9-31-24(37)38/h3-4,7-8,13,31H,2,5-6,9-12H2,1H3,(H,32,36)(H,37,38)/t13-/m1/s1. The van der Waals surface area contributed by atoms with Crippen LogP contribution in [0, 0.1) is 5.92 Å². The number of halogens is 5. The van der Waals surface area contributed by atoms with Gasteiger partial charge in [-0.15, -0.1) is 0 Å². The number of amides is 1. The Morgan fingerprint density at radius 2 is 1.90 bits per heavy atom. The SMILES string of the molecule is CCS(=O)(=O)c1ccc(Cl)cc1Cn1c(=O)[nH]c2c(Cl)c(CN3CC[C@H](CNC(=O)O)C3)c(C(F)(F)F)cc2c1=O. The highest BCUT2D eigenvalue weighted by molar-refractivity contribution is 7.91. The number of carbonyl (C=O) groups is 1. The van der Waals surface area contributed by atoms with Gasteiger partial charge in [0.1, 0.15) is 0 Å². The molecule has 41 heavy (non-hydrogen) atoms. The molecule has 0 radical (unpaired) electrons. The van der Waals surface area contributed by atoms with E-state index < -0.39 is 55.9 Å². The molecule has 0 unspecified atom stereocenters. The predicted octanol–water partition coefficient (Wildman–Crippen LogP) is 3.95. The number of benzene rings is 2. The predicted molar refractivity (Wildman–Crippen MR) is 147 cm³/mol. The fourth-order valence-corrected chi connectivity index (χ4v) is 6.54. The van der Waals surface area contributed by atoms with Crippen LogP contribution in [0.25, 0.3) is 10.9 Å². The zero-order valence-electron chi connectivity index (χ0n) is 21.5. The van der Waals surface area contributed by atoms with Crippen LogP contribution < -0.4 is 16.6 Å². The van der Waals surface area contributed by atoms with Crippen molar-refractivity contribution in [1.82, 2.24) is 19.8 Å². The van der Waals surface area contributed by atoms with Crippen molar-refractivity contribution in [1.29, 1.82) is 0 Å². The number of carboxylic acid groups (broad SMARTS) is 1. The lowest BCUT2D eigenvalue weighted by molar-refractivity contribution is -0.138. The highest BCUT2D eigenvalue weighted by Crippen LogP contribution is 2.39. The second kappa shape index (κ2) is 11.7. The highest BCUT2D eigenvalue weighted by atomic mass is 35.5. The lowest BCUT2D eigenvalue weighted by Crippen LogP contribution is -2.36. The minimum atomic E-state index is -4.90. The molecule has 3 aromatic rings. The molecule has 10 nitrogen and oxygen atoms in total. The summed E-state index contributed by atoms with van der Waals surface area (Å²) in [5.41, 5.74) is -3.85. The first-order valence-corrected chi connectivity index (χ1v) is 14.8. The first-order valence-electron chi connectivity index (χ1n) is 12.4. The average Bonchev–Trinajstić information content (AvgIpc) is 3.34. The van der Waals surface area contributed by atoms with E-state index >= 15 is 0 Å². The summed E-state index contributed by atoms with van der Waals surface area (Å²) in [5.74, 6) is -0.384. The number of nitrogens with zero attached hydrogens (tertiary/aromatic N) is 2. The molecule has 2 aromatic carbocycles. The van der Waals surface area contributed by atoms with Crippen molar-refractivity contribution in [2.24, 2.45) is 5.92 Å². The number of H-pyrrole nitrogens is 1. The Kier molecular flexibility index (Phi) is 8.79. The van der Waals surface area contributed by atoms with Gasteiger partial charge in [-0.3, -0.25) is 14.3 Å². The third-order valence-corrected chi connectivity index (χ3v) is 9.47. The second-order valence-electron chi connectivity index (χ2n) is 9.69. The van der Waals surface area contributed by atoms with E-state index in [0.29, 0.717) is 30.1 Å². The molecule has 1 aliphatic rings. The molecule has 16 heteroatoms. The van der Waals surface area contributed by atoms with Gasteiger partial charge >= 0.3 is 18.0 Å². The molecule has 3 N–H and O–H groups in total. The van der Waals surface area contributed by atoms with Gasteiger partial charge in [-0.2, -0.15) is 13.2 Å². The van der Waals surface area contributed by atoms with Crippen LogP contribution in [-0.2, 0) is 29.1 Å². The third-order valence-electron chi connectivity index (χ3n) is 6.99. The molecule has 1 aliphatic heterocycles. The number of aromatic nitrogens is 2. The van der Waals surface area contributed by atoms with E-state index in [2.05, 4.69) is 10.3 Å². The summed E-state index contributed by atoms with van der Waals surface area (Å²) >= 11 is 12.4. The number of alkyl halides is 3. The summed E-state index contributed by atoms with van der Waals surface area (Å²) in [6.07, 6.45) is -5.55. The first kappa shape index (κ1) is 30.9. The number of rotatable bonds is 8. The Bertz CT molecular complexity index is 1740. The van der Waals surface area contributed by atoms with Gasteiger partial charge in [-0.1, -0.05) is 30.1 Å². The molecule has 1 aromatic heterocycles. The second-order valence-corrected chi connectivity index (χ2v) is 12.8. The summed E-state index contributed by atoms with van der Waals surface area (Å²) in [4.78, 5) is 41.1. The fourth-order valence-electron chi connectivity index (χ4n) is 4.92. The number of hydrogen-bond acceptors (Lipinski definition) is 6. The van der Waals surface area contributed by atoms with Crippen LogP contribution in [0.4, 0.5) is 18.0 Å². The number of sulfone groups is 1. The molecular formula is C25H25Cl2F3N4O6S. The zero-order valence-corrected chi connectivity index (χ0v) is 23.8. The van der Waals surface area contributed by atoms with Gasteiger partial charge in [0.2, 0.25) is 0 Å². The van der Waals surface area contributed by atoms with E-state index in [4.69, 9.17) is 28.3 Å². The number of aromatic amines is 1. The molecule has 1 saturated heterocycles. The molecule has 4 rings (SSSR count). The minimum absolute atomic E-state index is 0.0195. The quantitative estimate of drug-likeness (QED) is 0.340. The maximum Gasteiger partial charge on any atom is 0.416 e. The van der Waals surface area contributed by atoms with Gasteiger partial charge < -0.3 is 15.4 Å². The van der Waals surface area contributed by atoms with E-state index in [1.807, 2.05) is 0 Å². The van der Waals surface area contributed by atoms with Gasteiger partial charge in [-0.25, -0.2) is 18.0 Å². The summed E-state index contributed by atoms with van der Waals surface area (Å²) in [6.45, 7) is 1.43. The molecule has 222 valence electrons. The van der Waals surface area contributed by atoms with Gasteiger partial charge in [0.15, 0.2) is 9.84 Å². The number of hydrogen-bond donors (Lipinski definition) is 3. The highest BCUT2D eigenvalue weighted by Gasteiger charge is 2.37. The van der Waals surface area contributed by atoms with E-state index in [1.54, 1.807) is 4.90 Å². The first-order chi connectivity index (χ1) is 19.1. The molecular weight excluding hydrogens is 612 g/mol. The van der Waals surface area contributed by atoms with Crippen molar-refractivity contribution >= 4 is 50.0 Å². The van der Waals surface area contributed by atoms with E-state index in [0.717, 1.165) is 0 Å². The molecule has 2 heterocycles. The Morgan fingerprint density at radius 1 is 1.20 bits per heavy atom. The molecule has 0 bridgehead atoms. The van der Waals surface area contributed by atoms with Gasteiger partial charge in [0.05, 0.1) is 38.7 Å². The fraction of sp³-hybridized carbons (Fsp3) is 0.400. The minimum Gasteiger partial charge on any atom is -0.465 e. The van der Waals surface area contributed by atoms with Crippen LogP contribution in [0.15, 0.2) is 38.8 Å². The smallest absolute Gasteiger partial charge is 0.416 e. The van der Waals surface area contributed by atoms with Gasteiger partial charge in [0.25, 0.3) is 5.56 Å². The van der Waals surface area contributed by atoms with E-state index in [-0.39, 0.29) is 51.3 Å². The Hall–Kier alpha value is -3.07. The summed E-state index contributed by atoms with van der Waals surface area (Å²) < 4.78 is 68.4. The summed E-state index contributed by atoms with van der Waals surface area (Å²) in [7, 11) is -3.79. The van der Waals surface area contributed by atoms with Crippen molar-refractivity contribution in [3.05, 3.63) is 71.8 Å². The van der Waals surface area contributed by atoms with E-state index in [9.17, 15) is 36.0 Å².